The van der Waals surface area contributed by atoms with E-state index in [0.29, 0.717) is 16.8 Å². The van der Waals surface area contributed by atoms with Crippen molar-refractivity contribution in [2.45, 2.75) is 66.6 Å². The highest BCUT2D eigenvalue weighted by Gasteiger charge is 2.24. The summed E-state index contributed by atoms with van der Waals surface area (Å²) in [6.07, 6.45) is 6.38. The monoisotopic (exact) mass is 511 g/mol. The Labute approximate surface area is 219 Å². The molecule has 0 radical (unpaired) electrons. The van der Waals surface area contributed by atoms with Crippen LogP contribution in [0.5, 0.6) is 0 Å². The molecule has 10 nitrogen and oxygen atoms in total. The van der Waals surface area contributed by atoms with Gasteiger partial charge in [0.25, 0.3) is 5.56 Å². The molecule has 1 fully saturated rings. The molecular weight excluding hydrogens is 470 g/mol. The summed E-state index contributed by atoms with van der Waals surface area (Å²) in [5.74, 6) is -0.218. The van der Waals surface area contributed by atoms with E-state index in [1.54, 1.807) is 31.2 Å². The van der Waals surface area contributed by atoms with Crippen molar-refractivity contribution in [2.75, 3.05) is 11.9 Å². The van der Waals surface area contributed by atoms with E-state index in [1.165, 1.54) is 22.9 Å². The molecule has 0 atom stereocenters. The van der Waals surface area contributed by atoms with Gasteiger partial charge in [-0.2, -0.15) is 0 Å². The first-order valence-electron chi connectivity index (χ1n) is 12.6. The van der Waals surface area contributed by atoms with Gasteiger partial charge in [-0.05, 0) is 43.1 Å². The first kappa shape index (κ1) is 31.1. The number of benzene rings is 1. The third-order valence-electron chi connectivity index (χ3n) is 5.12. The number of hydrogen-bond donors (Lipinski definition) is 6. The van der Waals surface area contributed by atoms with E-state index >= 15 is 0 Å². The highest BCUT2D eigenvalue weighted by molar-refractivity contribution is 5.94. The quantitative estimate of drug-likeness (QED) is 0.123. The average Bonchev–Trinajstić information content (AvgIpc) is 3.72. The molecule has 0 saturated heterocycles. The van der Waals surface area contributed by atoms with Gasteiger partial charge >= 0.3 is 0 Å². The molecular formula is C27H41N7O3. The topological polar surface area (TPSA) is 172 Å². The molecule has 1 amide bonds. The van der Waals surface area contributed by atoms with Crippen LogP contribution in [0.4, 0.5) is 5.82 Å². The summed E-state index contributed by atoms with van der Waals surface area (Å²) >= 11 is 0. The minimum Gasteiger partial charge on any atom is -0.508 e. The lowest BCUT2D eigenvalue weighted by atomic mass is 10.1. The number of aromatic nitrogens is 2. The van der Waals surface area contributed by atoms with Gasteiger partial charge in [0.05, 0.1) is 11.9 Å². The van der Waals surface area contributed by atoms with Crippen molar-refractivity contribution in [1.82, 2.24) is 14.9 Å². The van der Waals surface area contributed by atoms with Crippen molar-refractivity contribution >= 4 is 23.1 Å². The molecule has 1 saturated carbocycles. The summed E-state index contributed by atoms with van der Waals surface area (Å²) in [6.45, 7) is 9.93. The van der Waals surface area contributed by atoms with Crippen LogP contribution in [-0.2, 0) is 17.9 Å². The van der Waals surface area contributed by atoms with Gasteiger partial charge in [-0.25, -0.2) is 4.98 Å². The molecule has 202 valence electrons. The Morgan fingerprint density at radius 2 is 1.84 bits per heavy atom. The second kappa shape index (κ2) is 15.9. The van der Waals surface area contributed by atoms with Crippen LogP contribution in [0.3, 0.4) is 0 Å². The number of nitrogens with zero attached hydrogens (tertiary/aromatic N) is 2. The van der Waals surface area contributed by atoms with Crippen LogP contribution in [0, 0.1) is 5.41 Å². The summed E-state index contributed by atoms with van der Waals surface area (Å²) in [4.78, 5) is 30.0. The van der Waals surface area contributed by atoms with Gasteiger partial charge in [-0.15, -0.1) is 0 Å². The number of amides is 1. The molecule has 0 aliphatic heterocycles. The lowest BCUT2D eigenvalue weighted by Gasteiger charge is -2.15. The summed E-state index contributed by atoms with van der Waals surface area (Å²) < 4.78 is 1.34. The number of nitrogens with one attached hydrogen (secondary N) is 3. The van der Waals surface area contributed by atoms with Gasteiger partial charge in [0.15, 0.2) is 5.82 Å². The summed E-state index contributed by atoms with van der Waals surface area (Å²) in [5.41, 5.74) is 12.9. The average molecular weight is 512 g/mol. The van der Waals surface area contributed by atoms with Gasteiger partial charge in [-0.1, -0.05) is 52.0 Å². The van der Waals surface area contributed by atoms with Crippen LogP contribution >= 0.6 is 0 Å². The van der Waals surface area contributed by atoms with Crippen molar-refractivity contribution in [3.05, 3.63) is 75.5 Å². The zero-order chi connectivity index (χ0) is 28.0. The molecule has 8 N–H and O–H groups in total. The second-order valence-electron chi connectivity index (χ2n) is 7.88. The molecule has 37 heavy (non-hydrogen) atoms. The standard InChI is InChI=1S/C23H29N7O3.2C2H6/c1-14(10-18(31)8-9-24)19-12-28-22(29-17-6-7-17)23(33)30(19)13-20(32)27-11-15-2-4-16(5-3-15)21(25)26;2*1-2/h2-5,8,10,12,17,31H,6-7,9,11,13,24H2,1H3,(H3,25,26)(H,27,32)(H,28,29);2*1-2H3/b14-10+,18-8+;;. The Balaban J connectivity index is 0.00000163. The molecule has 1 aliphatic carbocycles. The predicted octanol–water partition coefficient (Wildman–Crippen LogP) is 3.27. The van der Waals surface area contributed by atoms with E-state index in [4.69, 9.17) is 16.9 Å². The largest absolute Gasteiger partial charge is 0.508 e. The lowest BCUT2D eigenvalue weighted by Crippen LogP contribution is -2.35. The third-order valence-corrected chi connectivity index (χ3v) is 5.12. The molecule has 0 bridgehead atoms. The highest BCUT2D eigenvalue weighted by Crippen LogP contribution is 2.23. The van der Waals surface area contributed by atoms with E-state index in [-0.39, 0.29) is 49.0 Å². The number of nitrogens with two attached hydrogens (primary N) is 2. The maximum Gasteiger partial charge on any atom is 0.294 e. The highest BCUT2D eigenvalue weighted by atomic mass is 16.3. The number of anilines is 1. The normalized spacial score (nSPS) is 12.9. The van der Waals surface area contributed by atoms with Crippen molar-refractivity contribution < 1.29 is 9.90 Å². The van der Waals surface area contributed by atoms with Crippen molar-refractivity contribution in [3.63, 3.8) is 0 Å². The molecule has 0 unspecified atom stereocenters. The Morgan fingerprint density at radius 3 is 2.38 bits per heavy atom. The third kappa shape index (κ3) is 9.92. The lowest BCUT2D eigenvalue weighted by molar-refractivity contribution is -0.121. The molecule has 2 aromatic rings. The van der Waals surface area contributed by atoms with Gasteiger partial charge in [0, 0.05) is 24.7 Å². The Morgan fingerprint density at radius 1 is 1.22 bits per heavy atom. The smallest absolute Gasteiger partial charge is 0.294 e. The number of rotatable bonds is 10. The van der Waals surface area contributed by atoms with Gasteiger partial charge in [-0.3, -0.25) is 19.6 Å². The van der Waals surface area contributed by atoms with Crippen LogP contribution in [0.2, 0.25) is 0 Å². The zero-order valence-electron chi connectivity index (χ0n) is 22.5. The fourth-order valence-corrected chi connectivity index (χ4v) is 3.16. The SMILES string of the molecule is C/C(=C\C(O)=C/CN)c1cnc(NC2CC2)c(=O)n1CC(=O)NCc1ccc(C(=N)N)cc1.CC.CC. The first-order chi connectivity index (χ1) is 17.8. The molecule has 1 aliphatic rings. The molecule has 1 heterocycles. The van der Waals surface area contributed by atoms with E-state index < -0.39 is 5.56 Å². The maximum absolute atomic E-state index is 13.1. The van der Waals surface area contributed by atoms with E-state index in [0.717, 1.165) is 18.4 Å². The summed E-state index contributed by atoms with van der Waals surface area (Å²) in [6, 6.07) is 7.20. The fraction of sp³-hybridized carbons (Fsp3) is 0.407. The molecule has 1 aromatic carbocycles. The van der Waals surface area contributed by atoms with Crippen LogP contribution in [-0.4, -0.2) is 39.0 Å². The summed E-state index contributed by atoms with van der Waals surface area (Å²) in [5, 5.41) is 23.3. The van der Waals surface area contributed by atoms with Crippen LogP contribution < -0.4 is 27.7 Å². The number of carbonyl (C=O) groups excluding carboxylic acids is 1. The Kier molecular flexibility index (Phi) is 13.4. The molecule has 1 aromatic heterocycles. The van der Waals surface area contributed by atoms with Gasteiger partial charge in [0.2, 0.25) is 5.91 Å². The number of allylic oxidation sites excluding steroid dienone is 2. The first-order valence-corrected chi connectivity index (χ1v) is 12.6. The minimum absolute atomic E-state index is 0.0263. The predicted molar refractivity (Wildman–Crippen MR) is 151 cm³/mol. The van der Waals surface area contributed by atoms with E-state index in [9.17, 15) is 14.7 Å². The molecule has 3 rings (SSSR count). The van der Waals surface area contributed by atoms with Crippen molar-refractivity contribution in [1.29, 1.82) is 5.41 Å². The number of aliphatic hydroxyl groups is 1. The van der Waals surface area contributed by atoms with E-state index in [1.807, 2.05) is 27.7 Å². The Bertz CT molecular complexity index is 1150. The number of carbonyl (C=O) groups is 1. The number of nitrogen functional groups attached to an aromatic ring is 1. The Hall–Kier alpha value is -3.92. The van der Waals surface area contributed by atoms with Crippen LogP contribution in [0.25, 0.3) is 5.57 Å². The van der Waals surface area contributed by atoms with Crippen molar-refractivity contribution in [3.8, 4) is 0 Å². The zero-order valence-corrected chi connectivity index (χ0v) is 22.5. The fourth-order valence-electron chi connectivity index (χ4n) is 3.16. The number of hydrogen-bond acceptors (Lipinski definition) is 7. The second-order valence-corrected chi connectivity index (χ2v) is 7.88. The van der Waals surface area contributed by atoms with Crippen molar-refractivity contribution in [2.24, 2.45) is 11.5 Å². The van der Waals surface area contributed by atoms with Crippen LogP contribution in [0.1, 0.15) is 64.3 Å². The van der Waals surface area contributed by atoms with Gasteiger partial charge < -0.3 is 27.2 Å². The van der Waals surface area contributed by atoms with Crippen LogP contribution in [0.15, 0.2) is 53.2 Å². The molecule has 0 spiro atoms. The number of aliphatic hydroxyl groups excluding tert-OH is 1. The maximum atomic E-state index is 13.1. The summed E-state index contributed by atoms with van der Waals surface area (Å²) in [7, 11) is 0. The van der Waals surface area contributed by atoms with E-state index in [2.05, 4.69) is 15.6 Å². The number of amidine groups is 1. The minimum atomic E-state index is -0.407. The van der Waals surface area contributed by atoms with Gasteiger partial charge in [0.1, 0.15) is 18.1 Å². The molecule has 10 heteroatoms.